The van der Waals surface area contributed by atoms with Gasteiger partial charge in [-0.15, -0.1) is 0 Å². The molecule has 1 N–H and O–H groups in total. The third kappa shape index (κ3) is 6.87. The van der Waals surface area contributed by atoms with Gasteiger partial charge < -0.3 is 9.64 Å². The second kappa shape index (κ2) is 11.1. The number of hydrogen-bond acceptors (Lipinski definition) is 4. The lowest BCUT2D eigenvalue weighted by molar-refractivity contribution is -0.159. The first-order valence-electron chi connectivity index (χ1n) is 11.7. The maximum atomic E-state index is 12.5. The molecule has 1 saturated heterocycles. The molecule has 5 nitrogen and oxygen atoms in total. The molecule has 1 aliphatic carbocycles. The van der Waals surface area contributed by atoms with Crippen molar-refractivity contribution in [2.24, 2.45) is 10.9 Å². The van der Waals surface area contributed by atoms with Crippen LogP contribution in [0.4, 0.5) is 35.0 Å². The molecule has 0 unspecified atom stereocenters. The fourth-order valence-electron chi connectivity index (χ4n) is 4.61. The van der Waals surface area contributed by atoms with Gasteiger partial charge in [-0.2, -0.15) is 13.2 Å². The number of aliphatic imine (C=N–C) groups is 1. The van der Waals surface area contributed by atoms with Crippen LogP contribution in [0.1, 0.15) is 70.3 Å². The fourth-order valence-corrected chi connectivity index (χ4v) is 4.61. The number of carbonyl (C=O) groups excluding carboxylic acids is 1. The Labute approximate surface area is 188 Å². The SMILES string of the molecule is CCCC(=Nc1cc(NC(=O)OCC(F)(F)F)c(N2CCCC2)cc1C)C1CCCCC1. The van der Waals surface area contributed by atoms with Crippen LogP contribution in [0.25, 0.3) is 0 Å². The first kappa shape index (κ1) is 24.4. The van der Waals surface area contributed by atoms with Gasteiger partial charge in [-0.1, -0.05) is 32.6 Å². The average Bonchev–Trinajstić information content (AvgIpc) is 3.29. The minimum Gasteiger partial charge on any atom is -0.440 e. The zero-order chi connectivity index (χ0) is 23.1. The molecule has 0 spiro atoms. The summed E-state index contributed by atoms with van der Waals surface area (Å²) in [6.07, 6.45) is 4.36. The summed E-state index contributed by atoms with van der Waals surface area (Å²) in [4.78, 5) is 19.3. The van der Waals surface area contributed by atoms with E-state index in [-0.39, 0.29) is 0 Å². The maximum Gasteiger partial charge on any atom is 0.422 e. The standard InChI is InChI=1S/C24H34F3N3O2/c1-3-9-19(18-10-5-4-6-11-18)28-20-15-21(29-23(31)32-16-24(25,26)27)22(14-17(20)2)30-12-7-8-13-30/h14-15,18H,3-13,16H2,1-2H3,(H,29,31). The molecule has 1 aromatic carbocycles. The highest BCUT2D eigenvalue weighted by Gasteiger charge is 2.30. The Balaban J connectivity index is 1.90. The smallest absolute Gasteiger partial charge is 0.422 e. The van der Waals surface area contributed by atoms with Crippen molar-refractivity contribution < 1.29 is 22.7 Å². The third-order valence-electron chi connectivity index (χ3n) is 6.21. The predicted octanol–water partition coefficient (Wildman–Crippen LogP) is 7.16. The summed E-state index contributed by atoms with van der Waals surface area (Å²) in [7, 11) is 0. The predicted molar refractivity (Wildman–Crippen MR) is 122 cm³/mol. The number of alkyl halides is 3. The van der Waals surface area contributed by atoms with Gasteiger partial charge >= 0.3 is 12.3 Å². The molecule has 1 aliphatic heterocycles. The maximum absolute atomic E-state index is 12.5. The van der Waals surface area contributed by atoms with Crippen LogP contribution in [0, 0.1) is 12.8 Å². The summed E-state index contributed by atoms with van der Waals surface area (Å²) in [6, 6.07) is 3.77. The highest BCUT2D eigenvalue weighted by atomic mass is 19.4. The van der Waals surface area contributed by atoms with Crippen LogP contribution in [0.2, 0.25) is 0 Å². The molecular weight excluding hydrogens is 419 g/mol. The molecule has 0 aromatic heterocycles. The van der Waals surface area contributed by atoms with Crippen LogP contribution < -0.4 is 10.2 Å². The molecule has 0 atom stereocenters. The van der Waals surface area contributed by atoms with E-state index in [0.717, 1.165) is 68.6 Å². The summed E-state index contributed by atoms with van der Waals surface area (Å²) < 4.78 is 41.8. The van der Waals surface area contributed by atoms with Crippen LogP contribution in [0.15, 0.2) is 17.1 Å². The Morgan fingerprint density at radius 2 is 1.84 bits per heavy atom. The van der Waals surface area contributed by atoms with Gasteiger partial charge in [0.2, 0.25) is 0 Å². The molecule has 0 bridgehead atoms. The number of nitrogens with zero attached hydrogens (tertiary/aromatic N) is 2. The number of nitrogens with one attached hydrogen (secondary N) is 1. The fraction of sp³-hybridized carbons (Fsp3) is 0.667. The largest absolute Gasteiger partial charge is 0.440 e. The number of hydrogen-bond donors (Lipinski definition) is 1. The molecule has 0 radical (unpaired) electrons. The van der Waals surface area contributed by atoms with Crippen LogP contribution in [0.5, 0.6) is 0 Å². The summed E-state index contributed by atoms with van der Waals surface area (Å²) in [6.45, 7) is 4.21. The highest BCUT2D eigenvalue weighted by molar-refractivity contribution is 5.93. The monoisotopic (exact) mass is 453 g/mol. The van der Waals surface area contributed by atoms with E-state index in [1.165, 1.54) is 25.0 Å². The van der Waals surface area contributed by atoms with Crippen molar-refractivity contribution in [3.05, 3.63) is 17.7 Å². The lowest BCUT2D eigenvalue weighted by Crippen LogP contribution is -2.25. The normalized spacial score (nSPS) is 18.2. The van der Waals surface area contributed by atoms with Crippen molar-refractivity contribution in [3.8, 4) is 0 Å². The number of halogens is 3. The third-order valence-corrected chi connectivity index (χ3v) is 6.21. The minimum absolute atomic E-state index is 0.447. The van der Waals surface area contributed by atoms with E-state index in [1.54, 1.807) is 6.07 Å². The van der Waals surface area contributed by atoms with Crippen LogP contribution in [-0.2, 0) is 4.74 Å². The zero-order valence-corrected chi connectivity index (χ0v) is 19.1. The molecular formula is C24H34F3N3O2. The van der Waals surface area contributed by atoms with Gasteiger partial charge in [0.05, 0.1) is 17.1 Å². The van der Waals surface area contributed by atoms with E-state index in [9.17, 15) is 18.0 Å². The van der Waals surface area contributed by atoms with Crippen LogP contribution in [0.3, 0.4) is 0 Å². The minimum atomic E-state index is -4.56. The van der Waals surface area contributed by atoms with Crippen molar-refractivity contribution in [2.75, 3.05) is 29.9 Å². The van der Waals surface area contributed by atoms with E-state index in [0.29, 0.717) is 11.6 Å². The number of carbonyl (C=O) groups is 1. The molecule has 1 aromatic rings. The van der Waals surface area contributed by atoms with Gasteiger partial charge in [-0.3, -0.25) is 10.3 Å². The van der Waals surface area contributed by atoms with Crippen molar-refractivity contribution in [1.82, 2.24) is 0 Å². The number of aryl methyl sites for hydroxylation is 1. The molecule has 2 aliphatic rings. The number of rotatable bonds is 7. The second-order valence-electron chi connectivity index (χ2n) is 8.85. The Hall–Kier alpha value is -2.25. The molecule has 1 heterocycles. The Kier molecular flexibility index (Phi) is 8.43. The Bertz CT molecular complexity index is 811. The molecule has 1 saturated carbocycles. The van der Waals surface area contributed by atoms with Crippen LogP contribution >= 0.6 is 0 Å². The number of ether oxygens (including phenoxy) is 1. The summed E-state index contributed by atoms with van der Waals surface area (Å²) in [5.74, 6) is 0.481. The molecule has 1 amide bonds. The average molecular weight is 454 g/mol. The van der Waals surface area contributed by atoms with E-state index in [2.05, 4.69) is 21.9 Å². The molecule has 2 fully saturated rings. The first-order valence-corrected chi connectivity index (χ1v) is 11.7. The van der Waals surface area contributed by atoms with Gasteiger partial charge in [-0.25, -0.2) is 4.79 Å². The lowest BCUT2D eigenvalue weighted by atomic mass is 9.84. The van der Waals surface area contributed by atoms with Crippen LogP contribution in [-0.4, -0.2) is 37.7 Å². The van der Waals surface area contributed by atoms with Crippen molar-refractivity contribution in [1.29, 1.82) is 0 Å². The van der Waals surface area contributed by atoms with Crippen molar-refractivity contribution >= 4 is 28.9 Å². The van der Waals surface area contributed by atoms with E-state index >= 15 is 0 Å². The number of amides is 1. The van der Waals surface area contributed by atoms with Gasteiger partial charge in [0.1, 0.15) is 0 Å². The molecule has 8 heteroatoms. The second-order valence-corrected chi connectivity index (χ2v) is 8.85. The van der Waals surface area contributed by atoms with Gasteiger partial charge in [0.15, 0.2) is 6.61 Å². The first-order chi connectivity index (χ1) is 15.3. The van der Waals surface area contributed by atoms with Gasteiger partial charge in [0, 0.05) is 18.8 Å². The summed E-state index contributed by atoms with van der Waals surface area (Å²) in [5.41, 5.74) is 4.19. The summed E-state index contributed by atoms with van der Waals surface area (Å²) in [5, 5.41) is 2.54. The van der Waals surface area contributed by atoms with E-state index < -0.39 is 18.9 Å². The summed E-state index contributed by atoms with van der Waals surface area (Å²) >= 11 is 0. The highest BCUT2D eigenvalue weighted by Crippen LogP contribution is 2.37. The van der Waals surface area contributed by atoms with Crippen molar-refractivity contribution in [3.63, 3.8) is 0 Å². The quantitative estimate of drug-likeness (QED) is 0.446. The number of anilines is 2. The van der Waals surface area contributed by atoms with Gasteiger partial charge in [-0.05, 0) is 62.6 Å². The van der Waals surface area contributed by atoms with E-state index in [4.69, 9.17) is 4.99 Å². The Morgan fingerprint density at radius 1 is 1.16 bits per heavy atom. The molecule has 32 heavy (non-hydrogen) atoms. The zero-order valence-electron chi connectivity index (χ0n) is 19.1. The molecule has 178 valence electrons. The topological polar surface area (TPSA) is 53.9 Å². The lowest BCUT2D eigenvalue weighted by Gasteiger charge is -2.25. The van der Waals surface area contributed by atoms with Crippen molar-refractivity contribution in [2.45, 2.75) is 77.8 Å². The Morgan fingerprint density at radius 3 is 2.47 bits per heavy atom. The molecule has 3 rings (SSSR count). The van der Waals surface area contributed by atoms with E-state index in [1.807, 2.05) is 13.0 Å². The number of benzene rings is 1. The van der Waals surface area contributed by atoms with Gasteiger partial charge in [0.25, 0.3) is 0 Å².